The Morgan fingerprint density at radius 3 is 2.89 bits per heavy atom. The third-order valence-electron chi connectivity index (χ3n) is 3.34. The van der Waals surface area contributed by atoms with Crippen molar-refractivity contribution in [2.24, 2.45) is 0 Å². The average Bonchev–Trinajstić information content (AvgIpc) is 3.11. The number of aromatic nitrogens is 2. The molecule has 5 heteroatoms. The predicted octanol–water partition coefficient (Wildman–Crippen LogP) is 2.34. The highest BCUT2D eigenvalue weighted by Gasteiger charge is 2.16. The molecule has 1 aromatic heterocycles. The van der Waals surface area contributed by atoms with Gasteiger partial charge in [0.2, 0.25) is 11.8 Å². The monoisotopic (exact) mass is 259 g/mol. The van der Waals surface area contributed by atoms with E-state index in [2.05, 4.69) is 15.1 Å². The van der Waals surface area contributed by atoms with E-state index in [4.69, 9.17) is 9.15 Å². The van der Waals surface area contributed by atoms with Crippen LogP contribution in [0.3, 0.4) is 0 Å². The number of methoxy groups -OCH3 is 1. The molecule has 19 heavy (non-hydrogen) atoms. The van der Waals surface area contributed by atoms with E-state index >= 15 is 0 Å². The first kappa shape index (κ1) is 12.2. The number of nitrogens with zero attached hydrogens (tertiary/aromatic N) is 3. The van der Waals surface area contributed by atoms with Crippen LogP contribution in [0.5, 0.6) is 5.75 Å². The van der Waals surface area contributed by atoms with Gasteiger partial charge in [0.05, 0.1) is 13.7 Å². The maximum atomic E-state index is 5.71. The van der Waals surface area contributed by atoms with Crippen molar-refractivity contribution in [1.29, 1.82) is 0 Å². The normalized spacial score (nSPS) is 15.8. The van der Waals surface area contributed by atoms with Gasteiger partial charge in [-0.05, 0) is 44.1 Å². The van der Waals surface area contributed by atoms with Gasteiger partial charge < -0.3 is 9.15 Å². The van der Waals surface area contributed by atoms with Gasteiger partial charge in [0.1, 0.15) is 5.75 Å². The highest BCUT2D eigenvalue weighted by molar-refractivity contribution is 5.55. The zero-order chi connectivity index (χ0) is 13.1. The summed E-state index contributed by atoms with van der Waals surface area (Å²) in [6, 6.07) is 7.65. The Morgan fingerprint density at radius 2 is 2.11 bits per heavy atom. The molecule has 0 saturated carbocycles. The van der Waals surface area contributed by atoms with Crippen molar-refractivity contribution in [3.63, 3.8) is 0 Å². The highest BCUT2D eigenvalue weighted by atomic mass is 16.5. The second-order valence-corrected chi connectivity index (χ2v) is 4.72. The van der Waals surface area contributed by atoms with Crippen molar-refractivity contribution in [2.45, 2.75) is 19.4 Å². The second-order valence-electron chi connectivity index (χ2n) is 4.72. The van der Waals surface area contributed by atoms with Gasteiger partial charge >= 0.3 is 0 Å². The van der Waals surface area contributed by atoms with Crippen molar-refractivity contribution in [3.05, 3.63) is 30.2 Å². The molecule has 0 amide bonds. The van der Waals surface area contributed by atoms with E-state index in [0.717, 1.165) is 30.9 Å². The van der Waals surface area contributed by atoms with E-state index in [0.29, 0.717) is 11.8 Å². The van der Waals surface area contributed by atoms with Crippen LogP contribution < -0.4 is 4.74 Å². The second kappa shape index (κ2) is 5.40. The Hall–Kier alpha value is -1.88. The molecule has 0 spiro atoms. The SMILES string of the molecule is COc1cccc(-c2nnc(CN3CCCC3)o2)c1. The first-order chi connectivity index (χ1) is 9.35. The topological polar surface area (TPSA) is 51.4 Å². The Morgan fingerprint density at radius 1 is 1.26 bits per heavy atom. The van der Waals surface area contributed by atoms with Gasteiger partial charge in [-0.2, -0.15) is 0 Å². The number of hydrogen-bond acceptors (Lipinski definition) is 5. The average molecular weight is 259 g/mol. The van der Waals surface area contributed by atoms with Gasteiger partial charge in [-0.25, -0.2) is 0 Å². The number of likely N-dealkylation sites (tertiary alicyclic amines) is 1. The van der Waals surface area contributed by atoms with Crippen LogP contribution in [0.1, 0.15) is 18.7 Å². The summed E-state index contributed by atoms with van der Waals surface area (Å²) in [4.78, 5) is 2.34. The van der Waals surface area contributed by atoms with E-state index in [-0.39, 0.29) is 0 Å². The lowest BCUT2D eigenvalue weighted by molar-refractivity contribution is 0.292. The lowest BCUT2D eigenvalue weighted by atomic mass is 10.2. The molecule has 1 aliphatic rings. The Bertz CT molecular complexity index is 547. The standard InChI is InChI=1S/C14H17N3O2/c1-18-12-6-4-5-11(9-12)14-16-15-13(19-14)10-17-7-2-3-8-17/h4-6,9H,2-3,7-8,10H2,1H3. The van der Waals surface area contributed by atoms with Crippen LogP contribution in [0.2, 0.25) is 0 Å². The molecule has 0 radical (unpaired) electrons. The van der Waals surface area contributed by atoms with Gasteiger partial charge in [0, 0.05) is 5.56 Å². The van der Waals surface area contributed by atoms with Crippen molar-refractivity contribution >= 4 is 0 Å². The van der Waals surface area contributed by atoms with Crippen LogP contribution in [-0.4, -0.2) is 35.3 Å². The fraction of sp³-hybridized carbons (Fsp3) is 0.429. The maximum absolute atomic E-state index is 5.71. The summed E-state index contributed by atoms with van der Waals surface area (Å²) in [6.07, 6.45) is 2.52. The summed E-state index contributed by atoms with van der Waals surface area (Å²) in [5.41, 5.74) is 0.888. The third-order valence-corrected chi connectivity index (χ3v) is 3.34. The number of benzene rings is 1. The van der Waals surface area contributed by atoms with E-state index < -0.39 is 0 Å². The van der Waals surface area contributed by atoms with E-state index in [1.165, 1.54) is 12.8 Å². The van der Waals surface area contributed by atoms with Gasteiger partial charge in [0.15, 0.2) is 0 Å². The largest absolute Gasteiger partial charge is 0.497 e. The van der Waals surface area contributed by atoms with Crippen LogP contribution >= 0.6 is 0 Å². The predicted molar refractivity (Wildman–Crippen MR) is 70.8 cm³/mol. The smallest absolute Gasteiger partial charge is 0.247 e. The minimum Gasteiger partial charge on any atom is -0.497 e. The number of ether oxygens (including phenoxy) is 1. The Balaban J connectivity index is 1.76. The molecule has 0 N–H and O–H groups in total. The van der Waals surface area contributed by atoms with Crippen molar-refractivity contribution in [2.75, 3.05) is 20.2 Å². The molecular weight excluding hydrogens is 242 g/mol. The summed E-state index contributed by atoms with van der Waals surface area (Å²) in [5.74, 6) is 2.02. The van der Waals surface area contributed by atoms with Crippen LogP contribution in [-0.2, 0) is 6.54 Å². The van der Waals surface area contributed by atoms with Gasteiger partial charge in [0.25, 0.3) is 0 Å². The van der Waals surface area contributed by atoms with Gasteiger partial charge in [-0.15, -0.1) is 10.2 Å². The van der Waals surface area contributed by atoms with E-state index in [1.807, 2.05) is 24.3 Å². The minimum absolute atomic E-state index is 0.549. The zero-order valence-corrected chi connectivity index (χ0v) is 11.0. The molecule has 100 valence electrons. The molecule has 5 nitrogen and oxygen atoms in total. The summed E-state index contributed by atoms with van der Waals surface area (Å²) in [6.45, 7) is 2.99. The molecule has 3 rings (SSSR count). The molecule has 1 saturated heterocycles. The Labute approximate surface area is 112 Å². The van der Waals surface area contributed by atoms with Gasteiger partial charge in [-0.3, -0.25) is 4.90 Å². The third kappa shape index (κ3) is 2.76. The number of hydrogen-bond donors (Lipinski definition) is 0. The van der Waals surface area contributed by atoms with Crippen molar-refractivity contribution in [1.82, 2.24) is 15.1 Å². The summed E-state index contributed by atoms with van der Waals surface area (Å²) in [7, 11) is 1.64. The van der Waals surface area contributed by atoms with E-state index in [9.17, 15) is 0 Å². The molecule has 0 aliphatic carbocycles. The molecule has 2 heterocycles. The lowest BCUT2D eigenvalue weighted by Gasteiger charge is -2.10. The molecule has 0 unspecified atom stereocenters. The lowest BCUT2D eigenvalue weighted by Crippen LogP contribution is -2.18. The fourth-order valence-corrected chi connectivity index (χ4v) is 2.32. The van der Waals surface area contributed by atoms with E-state index in [1.54, 1.807) is 7.11 Å². The van der Waals surface area contributed by atoms with Crippen LogP contribution in [0.25, 0.3) is 11.5 Å². The molecule has 1 aromatic carbocycles. The molecule has 1 fully saturated rings. The number of rotatable bonds is 4. The van der Waals surface area contributed by atoms with Gasteiger partial charge in [-0.1, -0.05) is 6.07 Å². The van der Waals surface area contributed by atoms with Crippen LogP contribution in [0.15, 0.2) is 28.7 Å². The molecule has 0 bridgehead atoms. The van der Waals surface area contributed by atoms with Crippen molar-refractivity contribution in [3.8, 4) is 17.2 Å². The summed E-state index contributed by atoms with van der Waals surface area (Å²) < 4.78 is 10.9. The Kier molecular flexibility index (Phi) is 3.46. The van der Waals surface area contributed by atoms with Crippen molar-refractivity contribution < 1.29 is 9.15 Å². The molecule has 0 atom stereocenters. The highest BCUT2D eigenvalue weighted by Crippen LogP contribution is 2.23. The van der Waals surface area contributed by atoms with Crippen LogP contribution in [0.4, 0.5) is 0 Å². The first-order valence-electron chi connectivity index (χ1n) is 6.54. The molecule has 2 aromatic rings. The summed E-state index contributed by atoms with van der Waals surface area (Å²) >= 11 is 0. The maximum Gasteiger partial charge on any atom is 0.247 e. The zero-order valence-electron chi connectivity index (χ0n) is 11.0. The quantitative estimate of drug-likeness (QED) is 0.843. The molecular formula is C14H17N3O2. The minimum atomic E-state index is 0.549. The van der Waals surface area contributed by atoms with Crippen LogP contribution in [0, 0.1) is 0 Å². The summed E-state index contributed by atoms with van der Waals surface area (Å²) in [5, 5.41) is 8.22. The fourth-order valence-electron chi connectivity index (χ4n) is 2.32. The molecule has 1 aliphatic heterocycles. The first-order valence-corrected chi connectivity index (χ1v) is 6.54.